The van der Waals surface area contributed by atoms with Crippen LogP contribution in [0.5, 0.6) is 0 Å². The van der Waals surface area contributed by atoms with Crippen molar-refractivity contribution in [1.29, 1.82) is 0 Å². The van der Waals surface area contributed by atoms with Gasteiger partial charge in [0, 0.05) is 25.6 Å². The van der Waals surface area contributed by atoms with Crippen LogP contribution in [-0.4, -0.2) is 48.7 Å². The second-order valence-electron chi connectivity index (χ2n) is 6.14. The van der Waals surface area contributed by atoms with Crippen molar-refractivity contribution in [2.45, 2.75) is 57.3 Å². The number of likely N-dealkylation sites (tertiary alicyclic amines) is 1. The second-order valence-corrected chi connectivity index (χ2v) is 6.14. The van der Waals surface area contributed by atoms with E-state index < -0.39 is 0 Å². The van der Waals surface area contributed by atoms with Crippen molar-refractivity contribution in [2.24, 2.45) is 5.92 Å². The maximum atomic E-state index is 12.4. The molecule has 4 unspecified atom stereocenters. The number of hydrogen-bond acceptors (Lipinski definition) is 3. The summed E-state index contributed by atoms with van der Waals surface area (Å²) < 4.78 is 5.78. The van der Waals surface area contributed by atoms with Gasteiger partial charge in [-0.15, -0.1) is 0 Å². The monoisotopic (exact) mass is 252 g/mol. The Morgan fingerprint density at radius 1 is 1.28 bits per heavy atom. The van der Waals surface area contributed by atoms with Crippen LogP contribution < -0.4 is 5.32 Å². The SMILES string of the molecule is CC1CCCNC1CC(=O)N1CC2CCC(C1)O2. The van der Waals surface area contributed by atoms with Crippen molar-refractivity contribution >= 4 is 5.91 Å². The van der Waals surface area contributed by atoms with Gasteiger partial charge in [0.25, 0.3) is 0 Å². The van der Waals surface area contributed by atoms with Crippen molar-refractivity contribution < 1.29 is 9.53 Å². The Bertz CT molecular complexity index is 309. The lowest BCUT2D eigenvalue weighted by Crippen LogP contribution is -2.49. The number of rotatable bonds is 2. The summed E-state index contributed by atoms with van der Waals surface area (Å²) in [4.78, 5) is 14.4. The molecule has 3 fully saturated rings. The summed E-state index contributed by atoms with van der Waals surface area (Å²) in [7, 11) is 0. The molecule has 0 saturated carbocycles. The lowest BCUT2D eigenvalue weighted by molar-refractivity contribution is -0.140. The maximum Gasteiger partial charge on any atom is 0.224 e. The van der Waals surface area contributed by atoms with E-state index in [-0.39, 0.29) is 0 Å². The van der Waals surface area contributed by atoms with Gasteiger partial charge in [0.15, 0.2) is 0 Å². The highest BCUT2D eigenvalue weighted by molar-refractivity contribution is 5.77. The van der Waals surface area contributed by atoms with Crippen LogP contribution in [-0.2, 0) is 9.53 Å². The van der Waals surface area contributed by atoms with E-state index in [9.17, 15) is 4.79 Å². The first-order valence-electron chi connectivity index (χ1n) is 7.39. The van der Waals surface area contributed by atoms with E-state index in [1.54, 1.807) is 0 Å². The number of piperidine rings is 1. The first kappa shape index (κ1) is 12.4. The highest BCUT2D eigenvalue weighted by Gasteiger charge is 2.36. The number of fused-ring (bicyclic) bond motifs is 2. The van der Waals surface area contributed by atoms with Gasteiger partial charge in [-0.2, -0.15) is 0 Å². The van der Waals surface area contributed by atoms with E-state index in [0.29, 0.717) is 36.5 Å². The Kier molecular flexibility index (Phi) is 3.57. The molecule has 18 heavy (non-hydrogen) atoms. The first-order valence-corrected chi connectivity index (χ1v) is 7.39. The van der Waals surface area contributed by atoms with Gasteiger partial charge in [-0.25, -0.2) is 0 Å². The third-order valence-electron chi connectivity index (χ3n) is 4.72. The molecular formula is C14H24N2O2. The number of morpholine rings is 1. The van der Waals surface area contributed by atoms with E-state index in [2.05, 4.69) is 12.2 Å². The fourth-order valence-electron chi connectivity index (χ4n) is 3.52. The molecule has 1 N–H and O–H groups in total. The molecule has 4 heteroatoms. The number of carbonyl (C=O) groups excluding carboxylic acids is 1. The summed E-state index contributed by atoms with van der Waals surface area (Å²) >= 11 is 0. The third kappa shape index (κ3) is 2.54. The van der Waals surface area contributed by atoms with E-state index in [4.69, 9.17) is 4.74 Å². The number of nitrogens with zero attached hydrogens (tertiary/aromatic N) is 1. The molecule has 0 aromatic carbocycles. The normalized spacial score (nSPS) is 39.9. The van der Waals surface area contributed by atoms with Crippen LogP contribution in [0.1, 0.15) is 39.0 Å². The van der Waals surface area contributed by atoms with E-state index >= 15 is 0 Å². The molecule has 0 aromatic heterocycles. The molecule has 3 aliphatic heterocycles. The molecule has 3 saturated heterocycles. The zero-order valence-corrected chi connectivity index (χ0v) is 11.2. The number of nitrogens with one attached hydrogen (secondary N) is 1. The zero-order valence-electron chi connectivity index (χ0n) is 11.2. The average Bonchev–Trinajstić information content (AvgIpc) is 2.71. The molecule has 4 nitrogen and oxygen atoms in total. The quantitative estimate of drug-likeness (QED) is 0.801. The summed E-state index contributed by atoms with van der Waals surface area (Å²) in [5, 5.41) is 3.50. The van der Waals surface area contributed by atoms with Crippen LogP contribution in [0.3, 0.4) is 0 Å². The van der Waals surface area contributed by atoms with E-state index in [1.165, 1.54) is 12.8 Å². The Morgan fingerprint density at radius 3 is 2.67 bits per heavy atom. The molecule has 0 spiro atoms. The maximum absolute atomic E-state index is 12.4. The first-order chi connectivity index (χ1) is 8.72. The summed E-state index contributed by atoms with van der Waals surface area (Å²) in [6.07, 6.45) is 6.04. The van der Waals surface area contributed by atoms with Crippen LogP contribution in [0, 0.1) is 5.92 Å². The largest absolute Gasteiger partial charge is 0.371 e. The molecule has 0 radical (unpaired) electrons. The minimum absolute atomic E-state index is 0.310. The molecule has 0 aliphatic carbocycles. The van der Waals surface area contributed by atoms with Gasteiger partial charge < -0.3 is 15.0 Å². The summed E-state index contributed by atoms with van der Waals surface area (Å²) in [5.41, 5.74) is 0. The van der Waals surface area contributed by atoms with Crippen molar-refractivity contribution in [1.82, 2.24) is 10.2 Å². The van der Waals surface area contributed by atoms with Crippen molar-refractivity contribution in [2.75, 3.05) is 19.6 Å². The van der Waals surface area contributed by atoms with Crippen molar-refractivity contribution in [3.05, 3.63) is 0 Å². The highest BCUT2D eigenvalue weighted by Crippen LogP contribution is 2.27. The van der Waals surface area contributed by atoms with E-state index in [0.717, 1.165) is 32.5 Å². The fraction of sp³-hybridized carbons (Fsp3) is 0.929. The topological polar surface area (TPSA) is 41.6 Å². The highest BCUT2D eigenvalue weighted by atomic mass is 16.5. The summed E-state index contributed by atoms with van der Waals surface area (Å²) in [6.45, 7) is 4.95. The lowest BCUT2D eigenvalue weighted by Gasteiger charge is -2.35. The Hall–Kier alpha value is -0.610. The van der Waals surface area contributed by atoms with Gasteiger partial charge in [0.2, 0.25) is 5.91 Å². The molecule has 102 valence electrons. The van der Waals surface area contributed by atoms with E-state index in [1.807, 2.05) is 4.90 Å². The number of amides is 1. The van der Waals surface area contributed by atoms with Crippen LogP contribution >= 0.6 is 0 Å². The van der Waals surface area contributed by atoms with Crippen LogP contribution in [0.4, 0.5) is 0 Å². The smallest absolute Gasteiger partial charge is 0.224 e. The van der Waals surface area contributed by atoms with Crippen molar-refractivity contribution in [3.63, 3.8) is 0 Å². The standard InChI is InChI=1S/C14H24N2O2/c1-10-3-2-6-15-13(10)7-14(17)16-8-11-4-5-12(9-16)18-11/h10-13,15H,2-9H2,1H3. The van der Waals surface area contributed by atoms with Gasteiger partial charge in [0.05, 0.1) is 12.2 Å². The van der Waals surface area contributed by atoms with Gasteiger partial charge in [0.1, 0.15) is 0 Å². The predicted molar refractivity (Wildman–Crippen MR) is 69.3 cm³/mol. The Balaban J connectivity index is 1.54. The Labute approximate surface area is 109 Å². The third-order valence-corrected chi connectivity index (χ3v) is 4.72. The zero-order chi connectivity index (χ0) is 12.5. The predicted octanol–water partition coefficient (Wildman–Crippen LogP) is 1.15. The minimum atomic E-state index is 0.310. The Morgan fingerprint density at radius 2 is 2.00 bits per heavy atom. The molecule has 4 atom stereocenters. The van der Waals surface area contributed by atoms with Crippen LogP contribution in [0.2, 0.25) is 0 Å². The summed E-state index contributed by atoms with van der Waals surface area (Å²) in [6, 6.07) is 0.381. The lowest BCUT2D eigenvalue weighted by atomic mass is 9.90. The summed E-state index contributed by atoms with van der Waals surface area (Å²) in [5.74, 6) is 0.946. The number of carbonyl (C=O) groups is 1. The molecule has 0 aromatic rings. The van der Waals surface area contributed by atoms with Crippen LogP contribution in [0.15, 0.2) is 0 Å². The molecule has 2 bridgehead atoms. The number of ether oxygens (including phenoxy) is 1. The minimum Gasteiger partial charge on any atom is -0.371 e. The van der Waals surface area contributed by atoms with Gasteiger partial charge >= 0.3 is 0 Å². The van der Waals surface area contributed by atoms with Gasteiger partial charge in [-0.1, -0.05) is 6.92 Å². The number of hydrogen-bond donors (Lipinski definition) is 1. The molecule has 1 amide bonds. The molecule has 3 aliphatic rings. The van der Waals surface area contributed by atoms with Gasteiger partial charge in [-0.05, 0) is 38.1 Å². The fourth-order valence-corrected chi connectivity index (χ4v) is 3.52. The van der Waals surface area contributed by atoms with Gasteiger partial charge in [-0.3, -0.25) is 4.79 Å². The van der Waals surface area contributed by atoms with Crippen LogP contribution in [0.25, 0.3) is 0 Å². The van der Waals surface area contributed by atoms with Crippen molar-refractivity contribution in [3.8, 4) is 0 Å². The second kappa shape index (κ2) is 5.17. The average molecular weight is 252 g/mol. The molecular weight excluding hydrogens is 228 g/mol. The molecule has 3 rings (SSSR count). The molecule has 3 heterocycles.